The summed E-state index contributed by atoms with van der Waals surface area (Å²) in [7, 11) is 0. The van der Waals surface area contributed by atoms with Crippen molar-refractivity contribution in [3.05, 3.63) is 73.2 Å². The predicted octanol–water partition coefficient (Wildman–Crippen LogP) is 6.66. The Morgan fingerprint density at radius 1 is 0.907 bits per heavy atom. The van der Waals surface area contributed by atoms with Crippen molar-refractivity contribution in [2.45, 2.75) is 32.7 Å². The molecule has 3 N–H and O–H groups in total. The summed E-state index contributed by atoms with van der Waals surface area (Å²) in [5.41, 5.74) is 7.45. The molecule has 0 unspecified atom stereocenters. The highest BCUT2D eigenvalue weighted by molar-refractivity contribution is 6.00. The average molecular weight is 577 g/mol. The Balaban J connectivity index is 1.21. The number of hydrogen-bond donors (Lipinski definition) is 3. The molecular formula is C33H33FN8O. The molecule has 218 valence electrons. The van der Waals surface area contributed by atoms with E-state index in [-0.39, 0.29) is 5.82 Å². The molecule has 1 saturated heterocycles. The molecule has 0 saturated carbocycles. The number of aromatic amines is 2. The van der Waals surface area contributed by atoms with Gasteiger partial charge in [-0.05, 0) is 75.7 Å². The molecule has 0 bridgehead atoms. The second-order valence-corrected chi connectivity index (χ2v) is 11.4. The van der Waals surface area contributed by atoms with Gasteiger partial charge in [0.1, 0.15) is 18.2 Å². The third kappa shape index (κ3) is 5.65. The minimum absolute atomic E-state index is 0.297. The van der Waals surface area contributed by atoms with Crippen LogP contribution in [0.1, 0.15) is 26.7 Å². The normalized spacial score (nSPS) is 13.9. The highest BCUT2D eigenvalue weighted by atomic mass is 19.1. The lowest BCUT2D eigenvalue weighted by molar-refractivity contribution is 0.237. The van der Waals surface area contributed by atoms with Crippen LogP contribution in [0.3, 0.4) is 0 Å². The minimum atomic E-state index is -0.346. The monoisotopic (exact) mass is 576 g/mol. The van der Waals surface area contributed by atoms with Crippen molar-refractivity contribution < 1.29 is 9.13 Å². The van der Waals surface area contributed by atoms with Crippen molar-refractivity contribution in [3.8, 4) is 39.4 Å². The molecule has 0 atom stereocenters. The van der Waals surface area contributed by atoms with Crippen LogP contribution in [0.25, 0.3) is 55.6 Å². The Bertz CT molecular complexity index is 1910. The summed E-state index contributed by atoms with van der Waals surface area (Å²) in [5, 5.41) is 12.8. The number of hydrogen-bond acceptors (Lipinski definition) is 7. The van der Waals surface area contributed by atoms with Crippen molar-refractivity contribution in [3.63, 3.8) is 0 Å². The average Bonchev–Trinajstić information content (AvgIpc) is 3.76. The zero-order chi connectivity index (χ0) is 29.3. The van der Waals surface area contributed by atoms with E-state index in [1.807, 2.05) is 30.7 Å². The SMILES string of the molecule is CC(C)Nc1cncc(-c2cnc3n[nH]c(-c4cc5c(-c6cc(F)cc(OCCN7CCCC7)c6)cncc5[nH]4)c3c2)c1. The lowest BCUT2D eigenvalue weighted by Gasteiger charge is -2.15. The number of anilines is 1. The quantitative estimate of drug-likeness (QED) is 0.177. The van der Waals surface area contributed by atoms with Gasteiger partial charge in [-0.1, -0.05) is 0 Å². The van der Waals surface area contributed by atoms with Gasteiger partial charge in [-0.25, -0.2) is 9.37 Å². The Morgan fingerprint density at radius 2 is 1.74 bits per heavy atom. The van der Waals surface area contributed by atoms with Gasteiger partial charge >= 0.3 is 0 Å². The van der Waals surface area contributed by atoms with E-state index in [9.17, 15) is 4.39 Å². The maximum absolute atomic E-state index is 14.8. The highest BCUT2D eigenvalue weighted by Gasteiger charge is 2.17. The molecule has 6 aromatic rings. The standard InChI is InChI=1S/C33H33FN8O/c1-20(2)38-25-10-22(15-35-17-25)23-12-28-32(40-41-33(28)37-16-23)30-14-27-29(18-36-19-31(27)39-30)21-9-24(34)13-26(11-21)43-8-7-42-5-3-4-6-42/h9-20,38-39H,3-8H2,1-2H3,(H,37,40,41). The van der Waals surface area contributed by atoms with E-state index in [0.717, 1.165) is 69.7 Å². The number of halogens is 1. The largest absolute Gasteiger partial charge is 0.492 e. The predicted molar refractivity (Wildman–Crippen MR) is 168 cm³/mol. The molecule has 0 spiro atoms. The topological polar surface area (TPSA) is 108 Å². The number of likely N-dealkylation sites (tertiary alicyclic amines) is 1. The molecular weight excluding hydrogens is 543 g/mol. The van der Waals surface area contributed by atoms with Gasteiger partial charge in [0.15, 0.2) is 5.65 Å². The molecule has 0 radical (unpaired) electrons. The summed E-state index contributed by atoms with van der Waals surface area (Å²) in [4.78, 5) is 19.3. The van der Waals surface area contributed by atoms with Crippen LogP contribution in [0.5, 0.6) is 5.75 Å². The Hall–Kier alpha value is -4.83. The number of nitrogens with one attached hydrogen (secondary N) is 3. The molecule has 1 aliphatic rings. The highest BCUT2D eigenvalue weighted by Crippen LogP contribution is 2.35. The number of rotatable bonds is 9. The molecule has 1 aromatic carbocycles. The van der Waals surface area contributed by atoms with E-state index in [4.69, 9.17) is 4.74 Å². The third-order valence-corrected chi connectivity index (χ3v) is 7.81. The molecule has 1 fully saturated rings. The second-order valence-electron chi connectivity index (χ2n) is 11.4. The van der Waals surface area contributed by atoms with Gasteiger partial charge in [0.05, 0.1) is 28.8 Å². The van der Waals surface area contributed by atoms with Crippen LogP contribution >= 0.6 is 0 Å². The van der Waals surface area contributed by atoms with Crippen LogP contribution in [0.2, 0.25) is 0 Å². The van der Waals surface area contributed by atoms with Crippen LogP contribution in [0.4, 0.5) is 10.1 Å². The van der Waals surface area contributed by atoms with Gasteiger partial charge in [-0.3, -0.25) is 20.0 Å². The van der Waals surface area contributed by atoms with E-state index < -0.39 is 0 Å². The first-order valence-electron chi connectivity index (χ1n) is 14.7. The molecule has 1 aliphatic heterocycles. The number of H-pyrrole nitrogens is 2. The number of nitrogens with zero attached hydrogens (tertiary/aromatic N) is 5. The fourth-order valence-corrected chi connectivity index (χ4v) is 5.79. The fraction of sp³-hybridized carbons (Fsp3) is 0.273. The molecule has 6 heterocycles. The van der Waals surface area contributed by atoms with Gasteiger partial charge in [0.2, 0.25) is 0 Å². The van der Waals surface area contributed by atoms with Crippen molar-refractivity contribution in [1.82, 2.24) is 35.0 Å². The molecule has 0 amide bonds. The Kier molecular flexibility index (Phi) is 7.20. The molecule has 0 aliphatic carbocycles. The van der Waals surface area contributed by atoms with E-state index in [2.05, 4.69) is 66.3 Å². The maximum atomic E-state index is 14.8. The first-order valence-corrected chi connectivity index (χ1v) is 14.7. The van der Waals surface area contributed by atoms with Crippen molar-refractivity contribution in [2.75, 3.05) is 31.6 Å². The third-order valence-electron chi connectivity index (χ3n) is 7.81. The van der Waals surface area contributed by atoms with Crippen LogP contribution in [-0.4, -0.2) is 67.3 Å². The first kappa shape index (κ1) is 27.0. The minimum Gasteiger partial charge on any atom is -0.492 e. The second kappa shape index (κ2) is 11.4. The smallest absolute Gasteiger partial charge is 0.181 e. The Labute approximate surface area is 248 Å². The van der Waals surface area contributed by atoms with Gasteiger partial charge < -0.3 is 15.0 Å². The molecule has 9 nitrogen and oxygen atoms in total. The number of benzene rings is 1. The number of ether oxygens (including phenoxy) is 1. The Morgan fingerprint density at radius 3 is 2.60 bits per heavy atom. The van der Waals surface area contributed by atoms with Crippen LogP contribution in [0, 0.1) is 5.82 Å². The number of fused-ring (bicyclic) bond motifs is 2. The fourth-order valence-electron chi connectivity index (χ4n) is 5.79. The van der Waals surface area contributed by atoms with Crippen LogP contribution in [-0.2, 0) is 0 Å². The number of pyridine rings is 3. The zero-order valence-electron chi connectivity index (χ0n) is 24.2. The van der Waals surface area contributed by atoms with Crippen molar-refractivity contribution >= 4 is 27.6 Å². The van der Waals surface area contributed by atoms with E-state index in [1.165, 1.54) is 25.0 Å². The summed E-state index contributed by atoms with van der Waals surface area (Å²) in [6.07, 6.45) is 11.5. The first-order chi connectivity index (χ1) is 21.0. The summed E-state index contributed by atoms with van der Waals surface area (Å²) in [5.74, 6) is 0.170. The maximum Gasteiger partial charge on any atom is 0.181 e. The van der Waals surface area contributed by atoms with E-state index in [0.29, 0.717) is 29.6 Å². The van der Waals surface area contributed by atoms with Crippen molar-refractivity contribution in [2.24, 2.45) is 0 Å². The van der Waals surface area contributed by atoms with E-state index >= 15 is 0 Å². The zero-order valence-corrected chi connectivity index (χ0v) is 24.2. The van der Waals surface area contributed by atoms with Crippen LogP contribution < -0.4 is 10.1 Å². The molecule has 43 heavy (non-hydrogen) atoms. The lowest BCUT2D eigenvalue weighted by atomic mass is 10.0. The summed E-state index contributed by atoms with van der Waals surface area (Å²) in [6, 6.07) is 11.3. The van der Waals surface area contributed by atoms with E-state index in [1.54, 1.807) is 12.4 Å². The van der Waals surface area contributed by atoms with Crippen LogP contribution in [0.15, 0.2) is 67.4 Å². The van der Waals surface area contributed by atoms with Gasteiger partial charge in [0.25, 0.3) is 0 Å². The van der Waals surface area contributed by atoms with Gasteiger partial charge in [-0.15, -0.1) is 0 Å². The molecule has 7 rings (SSSR count). The summed E-state index contributed by atoms with van der Waals surface area (Å²) in [6.45, 7) is 7.76. The molecule has 10 heteroatoms. The van der Waals surface area contributed by atoms with Gasteiger partial charge in [0, 0.05) is 70.9 Å². The lowest BCUT2D eigenvalue weighted by Crippen LogP contribution is -2.25. The summed E-state index contributed by atoms with van der Waals surface area (Å²) < 4.78 is 20.7. The van der Waals surface area contributed by atoms with Gasteiger partial charge in [-0.2, -0.15) is 5.10 Å². The van der Waals surface area contributed by atoms with Crippen molar-refractivity contribution in [1.29, 1.82) is 0 Å². The molecule has 5 aromatic heterocycles. The summed E-state index contributed by atoms with van der Waals surface area (Å²) >= 11 is 0. The number of aromatic nitrogens is 6.